The monoisotopic (exact) mass is 262 g/mol. The molecule has 0 aliphatic carbocycles. The highest BCUT2D eigenvalue weighted by molar-refractivity contribution is 6.37. The van der Waals surface area contributed by atoms with Gasteiger partial charge in [0.1, 0.15) is 6.07 Å². The number of ether oxygens (including phenoxy) is 1. The molecule has 0 saturated carbocycles. The molecule has 0 saturated heterocycles. The summed E-state index contributed by atoms with van der Waals surface area (Å²) in [6.45, 7) is 1.67. The third kappa shape index (κ3) is 4.08. The number of amides is 1. The number of carbonyl (C=O) groups excluding carboxylic acids is 2. The number of benzene rings is 1. The van der Waals surface area contributed by atoms with Crippen molar-refractivity contribution in [1.29, 1.82) is 5.26 Å². The van der Waals surface area contributed by atoms with Gasteiger partial charge in [-0.3, -0.25) is 4.79 Å². The summed E-state index contributed by atoms with van der Waals surface area (Å²) in [5, 5.41) is 20.1. The number of esters is 1. The molecule has 0 aliphatic heterocycles. The predicted octanol–water partition coefficient (Wildman–Crippen LogP) is 0.595. The first kappa shape index (κ1) is 14.7. The molecule has 100 valence electrons. The maximum atomic E-state index is 11.4. The van der Waals surface area contributed by atoms with Crippen LogP contribution in [0, 0.1) is 11.3 Å². The van der Waals surface area contributed by atoms with E-state index < -0.39 is 11.9 Å². The molecule has 0 atom stereocenters. The standard InChI is InChI=1S/C13H14N2O4/c1-2-19-13(18)12(17)15-11-4-3-9(5-6-16)7-10(11)8-14/h3-4,7,16H,2,5-6H2,1H3,(H,15,17). The van der Waals surface area contributed by atoms with Crippen LogP contribution in [0.4, 0.5) is 5.69 Å². The maximum absolute atomic E-state index is 11.4. The summed E-state index contributed by atoms with van der Waals surface area (Å²) in [4.78, 5) is 22.6. The van der Waals surface area contributed by atoms with Gasteiger partial charge in [-0.05, 0) is 31.0 Å². The van der Waals surface area contributed by atoms with Crippen LogP contribution in [0.5, 0.6) is 0 Å². The lowest BCUT2D eigenvalue weighted by molar-refractivity contribution is -0.152. The van der Waals surface area contributed by atoms with Gasteiger partial charge in [-0.2, -0.15) is 5.26 Å². The molecule has 0 bridgehead atoms. The molecule has 2 N–H and O–H groups in total. The summed E-state index contributed by atoms with van der Waals surface area (Å²) in [6.07, 6.45) is 0.417. The normalized spacial score (nSPS) is 9.53. The first-order valence-corrected chi connectivity index (χ1v) is 5.74. The van der Waals surface area contributed by atoms with Crippen molar-refractivity contribution < 1.29 is 19.4 Å². The zero-order valence-corrected chi connectivity index (χ0v) is 10.5. The van der Waals surface area contributed by atoms with Crippen LogP contribution in [0.25, 0.3) is 0 Å². The van der Waals surface area contributed by atoms with E-state index in [2.05, 4.69) is 10.1 Å². The summed E-state index contributed by atoms with van der Waals surface area (Å²) in [7, 11) is 0. The molecular weight excluding hydrogens is 248 g/mol. The van der Waals surface area contributed by atoms with Gasteiger partial charge >= 0.3 is 11.9 Å². The molecule has 6 heteroatoms. The van der Waals surface area contributed by atoms with Gasteiger partial charge < -0.3 is 15.2 Å². The number of anilines is 1. The predicted molar refractivity (Wildman–Crippen MR) is 67.2 cm³/mol. The van der Waals surface area contributed by atoms with E-state index in [1.54, 1.807) is 19.1 Å². The van der Waals surface area contributed by atoms with E-state index in [1.165, 1.54) is 6.07 Å². The van der Waals surface area contributed by atoms with Gasteiger partial charge in [0, 0.05) is 6.61 Å². The lowest BCUT2D eigenvalue weighted by Crippen LogP contribution is -2.25. The Bertz CT molecular complexity index is 520. The van der Waals surface area contributed by atoms with Gasteiger partial charge in [-0.1, -0.05) is 6.07 Å². The average Bonchev–Trinajstić information content (AvgIpc) is 2.41. The van der Waals surface area contributed by atoms with Gasteiger partial charge in [0.2, 0.25) is 0 Å². The van der Waals surface area contributed by atoms with Crippen LogP contribution in [0.2, 0.25) is 0 Å². The fraction of sp³-hybridized carbons (Fsp3) is 0.308. The van der Waals surface area contributed by atoms with Crippen molar-refractivity contribution in [3.63, 3.8) is 0 Å². The molecular formula is C13H14N2O4. The third-order valence-electron chi connectivity index (χ3n) is 2.31. The minimum Gasteiger partial charge on any atom is -0.459 e. The number of hydrogen-bond donors (Lipinski definition) is 2. The molecule has 1 rings (SSSR count). The topological polar surface area (TPSA) is 99.4 Å². The highest BCUT2D eigenvalue weighted by Crippen LogP contribution is 2.17. The number of aliphatic hydroxyl groups is 1. The number of rotatable bonds is 4. The summed E-state index contributed by atoms with van der Waals surface area (Å²) >= 11 is 0. The first-order chi connectivity index (χ1) is 9.12. The number of carbonyl (C=O) groups is 2. The van der Waals surface area contributed by atoms with Crippen LogP contribution >= 0.6 is 0 Å². The van der Waals surface area contributed by atoms with Crippen molar-refractivity contribution in [2.24, 2.45) is 0 Å². The number of hydrogen-bond acceptors (Lipinski definition) is 5. The number of nitriles is 1. The Morgan fingerprint density at radius 2 is 2.21 bits per heavy atom. The Labute approximate surface area is 110 Å². The van der Waals surface area contributed by atoms with Crippen molar-refractivity contribution >= 4 is 17.6 Å². The summed E-state index contributed by atoms with van der Waals surface area (Å²) in [5.41, 5.74) is 1.24. The summed E-state index contributed by atoms with van der Waals surface area (Å²) < 4.78 is 4.54. The lowest BCUT2D eigenvalue weighted by atomic mass is 10.1. The van der Waals surface area contributed by atoms with Crippen molar-refractivity contribution in [3.8, 4) is 6.07 Å². The Balaban J connectivity index is 2.87. The lowest BCUT2D eigenvalue weighted by Gasteiger charge is -2.08. The van der Waals surface area contributed by atoms with Crippen molar-refractivity contribution in [2.75, 3.05) is 18.5 Å². The van der Waals surface area contributed by atoms with Crippen LogP contribution in [-0.4, -0.2) is 30.2 Å². The highest BCUT2D eigenvalue weighted by Gasteiger charge is 2.16. The smallest absolute Gasteiger partial charge is 0.397 e. The Morgan fingerprint density at radius 3 is 2.79 bits per heavy atom. The average molecular weight is 262 g/mol. The SMILES string of the molecule is CCOC(=O)C(=O)Nc1ccc(CCO)cc1C#N. The molecule has 1 amide bonds. The van der Waals surface area contributed by atoms with E-state index in [0.717, 1.165) is 5.56 Å². The van der Waals surface area contributed by atoms with Gasteiger partial charge in [-0.15, -0.1) is 0 Å². The van der Waals surface area contributed by atoms with E-state index in [1.807, 2.05) is 6.07 Å². The molecule has 0 aromatic heterocycles. The van der Waals surface area contributed by atoms with Gasteiger partial charge in [0.05, 0.1) is 17.9 Å². The summed E-state index contributed by atoms with van der Waals surface area (Å²) in [5.74, 6) is -1.92. The van der Waals surface area contributed by atoms with Crippen molar-refractivity contribution in [1.82, 2.24) is 0 Å². The number of aliphatic hydroxyl groups excluding tert-OH is 1. The van der Waals surface area contributed by atoms with E-state index in [9.17, 15) is 9.59 Å². The zero-order valence-electron chi connectivity index (χ0n) is 10.5. The van der Waals surface area contributed by atoms with E-state index >= 15 is 0 Å². The van der Waals surface area contributed by atoms with E-state index in [0.29, 0.717) is 6.42 Å². The second-order valence-electron chi connectivity index (χ2n) is 3.64. The number of nitrogens with zero attached hydrogens (tertiary/aromatic N) is 1. The largest absolute Gasteiger partial charge is 0.459 e. The quantitative estimate of drug-likeness (QED) is 0.611. The molecule has 6 nitrogen and oxygen atoms in total. The van der Waals surface area contributed by atoms with Crippen LogP contribution < -0.4 is 5.32 Å². The zero-order chi connectivity index (χ0) is 14.3. The Kier molecular flexibility index (Phi) is 5.51. The van der Waals surface area contributed by atoms with E-state index in [-0.39, 0.29) is 24.5 Å². The molecule has 0 radical (unpaired) electrons. The molecule has 0 fully saturated rings. The highest BCUT2D eigenvalue weighted by atomic mass is 16.5. The van der Waals surface area contributed by atoms with Crippen molar-refractivity contribution in [2.45, 2.75) is 13.3 Å². The minimum atomic E-state index is -0.995. The molecule has 0 spiro atoms. The fourth-order valence-electron chi connectivity index (χ4n) is 1.45. The van der Waals surface area contributed by atoms with Crippen LogP contribution in [0.1, 0.15) is 18.1 Å². The van der Waals surface area contributed by atoms with Crippen molar-refractivity contribution in [3.05, 3.63) is 29.3 Å². The summed E-state index contributed by atoms with van der Waals surface area (Å²) in [6, 6.07) is 6.65. The number of nitrogens with one attached hydrogen (secondary N) is 1. The van der Waals surface area contributed by atoms with E-state index in [4.69, 9.17) is 10.4 Å². The minimum absolute atomic E-state index is 0.0284. The molecule has 0 heterocycles. The van der Waals surface area contributed by atoms with Crippen LogP contribution in [0.15, 0.2) is 18.2 Å². The van der Waals surface area contributed by atoms with Crippen LogP contribution in [-0.2, 0) is 20.7 Å². The van der Waals surface area contributed by atoms with Gasteiger partial charge in [0.25, 0.3) is 0 Å². The van der Waals surface area contributed by atoms with Gasteiger partial charge in [0.15, 0.2) is 0 Å². The molecule has 0 aliphatic rings. The Morgan fingerprint density at radius 1 is 1.47 bits per heavy atom. The molecule has 1 aromatic carbocycles. The third-order valence-corrected chi connectivity index (χ3v) is 2.31. The second kappa shape index (κ2) is 7.13. The molecule has 19 heavy (non-hydrogen) atoms. The Hall–Kier alpha value is -2.39. The van der Waals surface area contributed by atoms with Gasteiger partial charge in [-0.25, -0.2) is 4.79 Å². The molecule has 0 unspecified atom stereocenters. The fourth-order valence-corrected chi connectivity index (χ4v) is 1.45. The molecule has 1 aromatic rings. The maximum Gasteiger partial charge on any atom is 0.397 e. The first-order valence-electron chi connectivity index (χ1n) is 5.74. The second-order valence-corrected chi connectivity index (χ2v) is 3.64. The van der Waals surface area contributed by atoms with Crippen LogP contribution in [0.3, 0.4) is 0 Å².